The van der Waals surface area contributed by atoms with Gasteiger partial charge >= 0.3 is 0 Å². The minimum Gasteiger partial charge on any atom is -0.354 e. The van der Waals surface area contributed by atoms with Gasteiger partial charge in [-0.25, -0.2) is 8.42 Å². The van der Waals surface area contributed by atoms with Gasteiger partial charge in [0.2, 0.25) is 15.9 Å². The summed E-state index contributed by atoms with van der Waals surface area (Å²) in [5, 5.41) is 2.81. The molecule has 2 aromatic rings. The molecule has 1 N–H and O–H groups in total. The summed E-state index contributed by atoms with van der Waals surface area (Å²) >= 11 is 0. The van der Waals surface area contributed by atoms with E-state index in [1.54, 1.807) is 37.3 Å². The first kappa shape index (κ1) is 18.0. The molecule has 0 aliphatic carbocycles. The lowest BCUT2D eigenvalue weighted by molar-refractivity contribution is -0.121. The molecule has 1 atom stereocenters. The van der Waals surface area contributed by atoms with Gasteiger partial charge in [-0.3, -0.25) is 9.10 Å². The van der Waals surface area contributed by atoms with Crippen molar-refractivity contribution >= 4 is 21.6 Å². The third kappa shape index (κ3) is 4.83. The summed E-state index contributed by atoms with van der Waals surface area (Å²) in [6.07, 6.45) is 1.80. The second-order valence-corrected chi connectivity index (χ2v) is 7.46. The van der Waals surface area contributed by atoms with Gasteiger partial charge in [0.05, 0.1) is 11.9 Å². The molecule has 2 rings (SSSR count). The van der Waals surface area contributed by atoms with Crippen LogP contribution in [0.3, 0.4) is 0 Å². The molecule has 0 aliphatic rings. The first-order valence-electron chi connectivity index (χ1n) is 7.75. The quantitative estimate of drug-likeness (QED) is 0.836. The van der Waals surface area contributed by atoms with Crippen molar-refractivity contribution in [1.82, 2.24) is 5.32 Å². The molecule has 6 heteroatoms. The van der Waals surface area contributed by atoms with Crippen molar-refractivity contribution in [1.29, 1.82) is 0 Å². The van der Waals surface area contributed by atoms with E-state index >= 15 is 0 Å². The van der Waals surface area contributed by atoms with Crippen LogP contribution in [0, 0.1) is 0 Å². The summed E-state index contributed by atoms with van der Waals surface area (Å²) in [6.45, 7) is 2.05. The number of amides is 1. The molecule has 0 saturated heterocycles. The Morgan fingerprint density at radius 2 is 1.58 bits per heavy atom. The predicted molar refractivity (Wildman–Crippen MR) is 96.4 cm³/mol. The van der Waals surface area contributed by atoms with Crippen molar-refractivity contribution in [2.45, 2.75) is 19.4 Å². The van der Waals surface area contributed by atoms with Gasteiger partial charge in [-0.2, -0.15) is 0 Å². The standard InChI is InChI=1S/C18H22N2O3S/c1-15(18(21)19-14-13-16-9-5-3-6-10-16)20(24(2,22)23)17-11-7-4-8-12-17/h3-12,15H,13-14H2,1-2H3,(H,19,21)/t15-/m0/s1. The maximum Gasteiger partial charge on any atom is 0.243 e. The van der Waals surface area contributed by atoms with Crippen molar-refractivity contribution in [2.24, 2.45) is 0 Å². The first-order chi connectivity index (χ1) is 11.4. The molecule has 2 aromatic carbocycles. The zero-order valence-electron chi connectivity index (χ0n) is 13.8. The highest BCUT2D eigenvalue weighted by Crippen LogP contribution is 2.20. The van der Waals surface area contributed by atoms with Crippen LogP contribution in [0.2, 0.25) is 0 Å². The minimum atomic E-state index is -3.57. The highest BCUT2D eigenvalue weighted by molar-refractivity contribution is 7.92. The summed E-state index contributed by atoms with van der Waals surface area (Å²) in [5.41, 5.74) is 1.60. The van der Waals surface area contributed by atoms with Gasteiger partial charge in [-0.1, -0.05) is 48.5 Å². The van der Waals surface area contributed by atoms with Crippen LogP contribution < -0.4 is 9.62 Å². The fourth-order valence-electron chi connectivity index (χ4n) is 2.51. The fourth-order valence-corrected chi connectivity index (χ4v) is 3.68. The zero-order valence-corrected chi connectivity index (χ0v) is 14.7. The molecule has 0 spiro atoms. The predicted octanol–water partition coefficient (Wildman–Crippen LogP) is 2.20. The van der Waals surface area contributed by atoms with Crippen LogP contribution >= 0.6 is 0 Å². The van der Waals surface area contributed by atoms with Crippen molar-refractivity contribution in [3.05, 3.63) is 66.2 Å². The zero-order chi connectivity index (χ0) is 17.6. The number of sulfonamides is 1. The van der Waals surface area contributed by atoms with Crippen molar-refractivity contribution in [2.75, 3.05) is 17.1 Å². The second kappa shape index (κ2) is 7.97. The lowest BCUT2D eigenvalue weighted by Gasteiger charge is -2.28. The molecule has 0 radical (unpaired) electrons. The molecule has 0 bridgehead atoms. The second-order valence-electron chi connectivity index (χ2n) is 5.60. The first-order valence-corrected chi connectivity index (χ1v) is 9.60. The summed E-state index contributed by atoms with van der Waals surface area (Å²) in [7, 11) is -3.57. The molecule has 0 aromatic heterocycles. The van der Waals surface area contributed by atoms with Crippen LogP contribution in [0.25, 0.3) is 0 Å². The van der Waals surface area contributed by atoms with Crippen molar-refractivity contribution in [3.63, 3.8) is 0 Å². The van der Waals surface area contributed by atoms with E-state index in [2.05, 4.69) is 5.32 Å². The molecule has 0 saturated carbocycles. The Morgan fingerprint density at radius 1 is 1.04 bits per heavy atom. The normalized spacial score (nSPS) is 12.4. The Hall–Kier alpha value is -2.34. The maximum absolute atomic E-state index is 12.4. The number of benzene rings is 2. The highest BCUT2D eigenvalue weighted by Gasteiger charge is 2.28. The van der Waals surface area contributed by atoms with Crippen LogP contribution in [0.4, 0.5) is 5.69 Å². The fraction of sp³-hybridized carbons (Fsp3) is 0.278. The number of para-hydroxylation sites is 1. The Balaban J connectivity index is 2.04. The molecule has 24 heavy (non-hydrogen) atoms. The number of hydrogen-bond donors (Lipinski definition) is 1. The number of nitrogens with one attached hydrogen (secondary N) is 1. The van der Waals surface area contributed by atoms with E-state index in [0.29, 0.717) is 18.7 Å². The number of anilines is 1. The Labute approximate surface area is 143 Å². The van der Waals surface area contributed by atoms with E-state index < -0.39 is 16.1 Å². The topological polar surface area (TPSA) is 66.5 Å². The molecule has 0 unspecified atom stereocenters. The lowest BCUT2D eigenvalue weighted by Crippen LogP contribution is -2.48. The largest absolute Gasteiger partial charge is 0.354 e. The number of nitrogens with zero attached hydrogens (tertiary/aromatic N) is 1. The van der Waals surface area contributed by atoms with Gasteiger partial charge in [0.1, 0.15) is 6.04 Å². The molecule has 1 amide bonds. The van der Waals surface area contributed by atoms with Crippen LogP contribution in [0.1, 0.15) is 12.5 Å². The Bertz CT molecular complexity index is 761. The van der Waals surface area contributed by atoms with Gasteiger partial charge < -0.3 is 5.32 Å². The molecule has 0 aliphatic heterocycles. The SMILES string of the molecule is C[C@@H](C(=O)NCCc1ccccc1)N(c1ccccc1)S(C)(=O)=O. The molecular weight excluding hydrogens is 324 g/mol. The van der Waals surface area contributed by atoms with Gasteiger partial charge in [-0.15, -0.1) is 0 Å². The number of hydrogen-bond acceptors (Lipinski definition) is 3. The monoisotopic (exact) mass is 346 g/mol. The van der Waals surface area contributed by atoms with Gasteiger partial charge in [0.25, 0.3) is 0 Å². The van der Waals surface area contributed by atoms with Crippen molar-refractivity contribution in [3.8, 4) is 0 Å². The van der Waals surface area contributed by atoms with Gasteiger partial charge in [0, 0.05) is 6.54 Å². The number of rotatable bonds is 7. The van der Waals surface area contributed by atoms with Crippen LogP contribution in [0.5, 0.6) is 0 Å². The summed E-state index contributed by atoms with van der Waals surface area (Å²) in [4.78, 5) is 12.4. The van der Waals surface area contributed by atoms with E-state index in [0.717, 1.165) is 16.1 Å². The van der Waals surface area contributed by atoms with E-state index in [-0.39, 0.29) is 5.91 Å². The third-order valence-corrected chi connectivity index (χ3v) is 4.90. The lowest BCUT2D eigenvalue weighted by atomic mass is 10.1. The summed E-state index contributed by atoms with van der Waals surface area (Å²) in [5.74, 6) is -0.319. The molecule has 0 fully saturated rings. The van der Waals surface area contributed by atoms with Crippen LogP contribution in [0.15, 0.2) is 60.7 Å². The van der Waals surface area contributed by atoms with E-state index in [9.17, 15) is 13.2 Å². The molecular formula is C18H22N2O3S. The number of carbonyl (C=O) groups is 1. The smallest absolute Gasteiger partial charge is 0.243 e. The van der Waals surface area contributed by atoms with Crippen molar-refractivity contribution < 1.29 is 13.2 Å². The Kier molecular flexibility index (Phi) is 5.98. The maximum atomic E-state index is 12.4. The average Bonchev–Trinajstić information content (AvgIpc) is 2.55. The average molecular weight is 346 g/mol. The summed E-state index contributed by atoms with van der Waals surface area (Å²) < 4.78 is 25.4. The van der Waals surface area contributed by atoms with E-state index in [4.69, 9.17) is 0 Å². The van der Waals surface area contributed by atoms with Gasteiger partial charge in [0.15, 0.2) is 0 Å². The van der Waals surface area contributed by atoms with Gasteiger partial charge in [-0.05, 0) is 31.0 Å². The Morgan fingerprint density at radius 3 is 2.12 bits per heavy atom. The van der Waals surface area contributed by atoms with E-state index in [1.165, 1.54) is 0 Å². The molecule has 0 heterocycles. The van der Waals surface area contributed by atoms with Crippen LogP contribution in [-0.4, -0.2) is 33.2 Å². The summed E-state index contributed by atoms with van der Waals surface area (Å²) in [6, 6.07) is 17.6. The minimum absolute atomic E-state index is 0.319. The molecule has 128 valence electrons. The number of carbonyl (C=O) groups excluding carboxylic acids is 1. The highest BCUT2D eigenvalue weighted by atomic mass is 32.2. The third-order valence-electron chi connectivity index (χ3n) is 3.65. The van der Waals surface area contributed by atoms with E-state index in [1.807, 2.05) is 30.3 Å². The molecule has 5 nitrogen and oxygen atoms in total. The van der Waals surface area contributed by atoms with Crippen LogP contribution in [-0.2, 0) is 21.2 Å².